The van der Waals surface area contributed by atoms with Gasteiger partial charge in [0.25, 0.3) is 0 Å². The zero-order valence-corrected chi connectivity index (χ0v) is 8.07. The van der Waals surface area contributed by atoms with Crippen molar-refractivity contribution in [1.82, 2.24) is 0 Å². The summed E-state index contributed by atoms with van der Waals surface area (Å²) < 4.78 is 5.02. The highest BCUT2D eigenvalue weighted by Crippen LogP contribution is 2.13. The number of carbonyl (C=O) groups is 1. The first kappa shape index (κ1) is 10.3. The number of allylic oxidation sites excluding steroid dienone is 2. The van der Waals surface area contributed by atoms with E-state index in [1.165, 1.54) is 6.08 Å². The van der Waals surface area contributed by atoms with Crippen LogP contribution in [-0.2, 0) is 4.79 Å². The van der Waals surface area contributed by atoms with Crippen LogP contribution in [0.4, 0.5) is 0 Å². The van der Waals surface area contributed by atoms with Gasteiger partial charge in [0.2, 0.25) is 0 Å². The second-order valence-electron chi connectivity index (χ2n) is 2.74. The van der Waals surface area contributed by atoms with Crippen LogP contribution < -0.4 is 4.74 Å². The van der Waals surface area contributed by atoms with Crippen LogP contribution in [0.2, 0.25) is 0 Å². The van der Waals surface area contributed by atoms with Gasteiger partial charge in [0.15, 0.2) is 0 Å². The van der Waals surface area contributed by atoms with Gasteiger partial charge < -0.3 is 4.74 Å². The van der Waals surface area contributed by atoms with Gasteiger partial charge >= 0.3 is 0 Å². The molecule has 0 unspecified atom stereocenters. The molecule has 1 aromatic carbocycles. The van der Waals surface area contributed by atoms with Crippen molar-refractivity contribution in [3.63, 3.8) is 0 Å². The third kappa shape index (κ3) is 2.59. The summed E-state index contributed by atoms with van der Waals surface area (Å²) in [7, 11) is 1.62. The van der Waals surface area contributed by atoms with Gasteiger partial charge in [0.1, 0.15) is 12.0 Å². The number of hydrogen-bond donors (Lipinski definition) is 0. The lowest BCUT2D eigenvalue weighted by Crippen LogP contribution is -1.83. The van der Waals surface area contributed by atoms with Crippen molar-refractivity contribution in [3.8, 4) is 5.75 Å². The summed E-state index contributed by atoms with van der Waals surface area (Å²) in [6.07, 6.45) is 4.06. The Hall–Kier alpha value is -1.83. The van der Waals surface area contributed by atoms with Crippen molar-refractivity contribution in [3.05, 3.63) is 48.1 Å². The molecule has 0 aromatic heterocycles. The normalized spacial score (nSPS) is 10.8. The third-order valence-electron chi connectivity index (χ3n) is 1.82. The monoisotopic (exact) mass is 188 g/mol. The standard InChI is InChI=1S/C12H12O2/c1-3-10(9-13)8-11-4-6-12(14-2)7-5-11/h3-9H,1H2,2H3. The van der Waals surface area contributed by atoms with E-state index in [4.69, 9.17) is 4.74 Å². The maximum atomic E-state index is 10.5. The maximum absolute atomic E-state index is 10.5. The van der Waals surface area contributed by atoms with Gasteiger partial charge in [-0.05, 0) is 23.8 Å². The molecule has 1 aromatic rings. The van der Waals surface area contributed by atoms with E-state index in [0.29, 0.717) is 5.57 Å². The molecule has 2 heteroatoms. The van der Waals surface area contributed by atoms with Crippen molar-refractivity contribution in [2.45, 2.75) is 0 Å². The van der Waals surface area contributed by atoms with Crippen LogP contribution in [0.3, 0.4) is 0 Å². The third-order valence-corrected chi connectivity index (χ3v) is 1.82. The lowest BCUT2D eigenvalue weighted by Gasteiger charge is -1.99. The molecule has 0 N–H and O–H groups in total. The predicted octanol–water partition coefficient (Wildman–Crippen LogP) is 2.46. The van der Waals surface area contributed by atoms with Crippen LogP contribution in [0.25, 0.3) is 6.08 Å². The first-order chi connectivity index (χ1) is 6.80. The Balaban J connectivity index is 2.92. The lowest BCUT2D eigenvalue weighted by atomic mass is 10.1. The largest absolute Gasteiger partial charge is 0.497 e. The second-order valence-corrected chi connectivity index (χ2v) is 2.74. The summed E-state index contributed by atoms with van der Waals surface area (Å²) in [5.74, 6) is 0.799. The molecule has 0 spiro atoms. The van der Waals surface area contributed by atoms with E-state index in [9.17, 15) is 4.79 Å². The highest BCUT2D eigenvalue weighted by molar-refractivity contribution is 5.85. The van der Waals surface area contributed by atoms with Crippen LogP contribution in [0.5, 0.6) is 5.75 Å². The minimum Gasteiger partial charge on any atom is -0.497 e. The average molecular weight is 188 g/mol. The molecule has 0 atom stereocenters. The first-order valence-corrected chi connectivity index (χ1v) is 4.23. The SMILES string of the molecule is C=CC(C=O)=Cc1ccc(OC)cc1. The van der Waals surface area contributed by atoms with Crippen molar-refractivity contribution >= 4 is 12.4 Å². The van der Waals surface area contributed by atoms with E-state index in [-0.39, 0.29) is 0 Å². The summed E-state index contributed by atoms with van der Waals surface area (Å²) >= 11 is 0. The zero-order valence-electron chi connectivity index (χ0n) is 8.07. The van der Waals surface area contributed by atoms with Crippen LogP contribution in [0.1, 0.15) is 5.56 Å². The molecule has 0 aliphatic rings. The molecule has 0 saturated carbocycles. The highest BCUT2D eigenvalue weighted by Gasteiger charge is 1.92. The number of methoxy groups -OCH3 is 1. The summed E-state index contributed by atoms with van der Waals surface area (Å²) in [6.45, 7) is 3.54. The van der Waals surface area contributed by atoms with Crippen molar-refractivity contribution in [1.29, 1.82) is 0 Å². The molecule has 0 bridgehead atoms. The van der Waals surface area contributed by atoms with E-state index in [2.05, 4.69) is 6.58 Å². The Bertz CT molecular complexity index is 337. The average Bonchev–Trinajstić information content (AvgIpc) is 2.26. The first-order valence-electron chi connectivity index (χ1n) is 4.23. The van der Waals surface area contributed by atoms with Crippen LogP contribution >= 0.6 is 0 Å². The molecule has 1 rings (SSSR count). The van der Waals surface area contributed by atoms with E-state index in [1.807, 2.05) is 24.3 Å². The zero-order chi connectivity index (χ0) is 10.4. The Morgan fingerprint density at radius 2 is 2.00 bits per heavy atom. The molecule has 14 heavy (non-hydrogen) atoms. The minimum atomic E-state index is 0.565. The molecule has 72 valence electrons. The molecule has 2 nitrogen and oxygen atoms in total. The van der Waals surface area contributed by atoms with Gasteiger partial charge in [-0.1, -0.05) is 24.8 Å². The second kappa shape index (κ2) is 5.02. The minimum absolute atomic E-state index is 0.565. The summed E-state index contributed by atoms with van der Waals surface area (Å²) in [6, 6.07) is 7.45. The number of hydrogen-bond acceptors (Lipinski definition) is 2. The molecule has 0 fully saturated rings. The Morgan fingerprint density at radius 3 is 2.43 bits per heavy atom. The van der Waals surface area contributed by atoms with E-state index >= 15 is 0 Å². The summed E-state index contributed by atoms with van der Waals surface area (Å²) in [5.41, 5.74) is 1.52. The van der Waals surface area contributed by atoms with Gasteiger partial charge in [-0.2, -0.15) is 0 Å². The molecule has 0 saturated heterocycles. The number of ether oxygens (including phenoxy) is 1. The fraction of sp³-hybridized carbons (Fsp3) is 0.0833. The predicted molar refractivity (Wildman–Crippen MR) is 57.2 cm³/mol. The highest BCUT2D eigenvalue weighted by atomic mass is 16.5. The smallest absolute Gasteiger partial charge is 0.150 e. The Morgan fingerprint density at radius 1 is 1.36 bits per heavy atom. The molecule has 0 radical (unpaired) electrons. The van der Waals surface area contributed by atoms with Crippen LogP contribution in [0.15, 0.2) is 42.5 Å². The number of aldehydes is 1. The van der Waals surface area contributed by atoms with Gasteiger partial charge in [0, 0.05) is 5.57 Å². The molecule has 0 heterocycles. The number of benzene rings is 1. The topological polar surface area (TPSA) is 26.3 Å². The van der Waals surface area contributed by atoms with E-state index < -0.39 is 0 Å². The van der Waals surface area contributed by atoms with Crippen molar-refractivity contribution in [2.75, 3.05) is 7.11 Å². The van der Waals surface area contributed by atoms with Crippen LogP contribution in [-0.4, -0.2) is 13.4 Å². The molecule has 0 aliphatic carbocycles. The Labute approximate surface area is 83.5 Å². The summed E-state index contributed by atoms with van der Waals surface area (Å²) in [5, 5.41) is 0. The number of rotatable bonds is 4. The quantitative estimate of drug-likeness (QED) is 0.412. The van der Waals surface area contributed by atoms with E-state index in [0.717, 1.165) is 17.6 Å². The Kier molecular flexibility index (Phi) is 3.68. The molecule has 0 amide bonds. The van der Waals surface area contributed by atoms with Gasteiger partial charge in [-0.25, -0.2) is 0 Å². The van der Waals surface area contributed by atoms with Gasteiger partial charge in [-0.3, -0.25) is 4.79 Å². The fourth-order valence-electron chi connectivity index (χ4n) is 1.03. The van der Waals surface area contributed by atoms with Gasteiger partial charge in [-0.15, -0.1) is 0 Å². The maximum Gasteiger partial charge on any atom is 0.150 e. The molecule has 0 aliphatic heterocycles. The van der Waals surface area contributed by atoms with E-state index in [1.54, 1.807) is 13.2 Å². The fourth-order valence-corrected chi connectivity index (χ4v) is 1.03. The summed E-state index contributed by atoms with van der Waals surface area (Å²) in [4.78, 5) is 10.5. The van der Waals surface area contributed by atoms with Crippen LogP contribution in [0, 0.1) is 0 Å². The van der Waals surface area contributed by atoms with Gasteiger partial charge in [0.05, 0.1) is 7.11 Å². The number of carbonyl (C=O) groups excluding carboxylic acids is 1. The lowest BCUT2D eigenvalue weighted by molar-refractivity contribution is -0.104. The van der Waals surface area contributed by atoms with Crippen molar-refractivity contribution in [2.24, 2.45) is 0 Å². The molecular weight excluding hydrogens is 176 g/mol. The van der Waals surface area contributed by atoms with Crippen molar-refractivity contribution < 1.29 is 9.53 Å². The molecular formula is C12H12O2.